The lowest BCUT2D eigenvalue weighted by Gasteiger charge is -2.45. The summed E-state index contributed by atoms with van der Waals surface area (Å²) >= 11 is 0. The number of rotatable bonds is 3. The van der Waals surface area contributed by atoms with Crippen LogP contribution in [-0.4, -0.2) is 29.9 Å². The second-order valence-electron chi connectivity index (χ2n) is 8.21. The Morgan fingerprint density at radius 1 is 1.00 bits per heavy atom. The molecule has 1 heterocycles. The number of hydrogen-bond acceptors (Lipinski definition) is 4. The molecule has 26 heavy (non-hydrogen) atoms. The van der Waals surface area contributed by atoms with Gasteiger partial charge in [0.25, 0.3) is 0 Å². The van der Waals surface area contributed by atoms with E-state index in [9.17, 15) is 8.42 Å². The van der Waals surface area contributed by atoms with Crippen LogP contribution in [0, 0.1) is 0 Å². The molecule has 5 heteroatoms. The molecule has 0 unspecified atom stereocenters. The molecule has 0 radical (unpaired) electrons. The smallest absolute Gasteiger partial charge is 0.188 e. The summed E-state index contributed by atoms with van der Waals surface area (Å²) < 4.78 is 26.6. The van der Waals surface area contributed by atoms with Crippen LogP contribution in [0.2, 0.25) is 0 Å². The number of hydroxylamine groups is 2. The van der Waals surface area contributed by atoms with Crippen LogP contribution in [0.15, 0.2) is 65.6 Å². The molecule has 0 spiro atoms. The molecule has 0 N–H and O–H groups in total. The Balaban J connectivity index is 1.91. The number of benzene rings is 2. The summed E-state index contributed by atoms with van der Waals surface area (Å²) in [5, 5.41) is 1.92. The SMILES string of the molecule is CC(C)(C)N1O[C@H]2CC[C@@]2(S(=O)(=O)c2ccccc2)[C@H]1c1ccccc1. The summed E-state index contributed by atoms with van der Waals surface area (Å²) in [5.41, 5.74) is 0.681. The van der Waals surface area contributed by atoms with E-state index in [0.29, 0.717) is 11.3 Å². The van der Waals surface area contributed by atoms with Crippen molar-refractivity contribution >= 4 is 9.84 Å². The molecule has 2 fully saturated rings. The largest absolute Gasteiger partial charge is 0.293 e. The zero-order valence-electron chi connectivity index (χ0n) is 15.4. The van der Waals surface area contributed by atoms with Crippen molar-refractivity contribution in [2.75, 3.05) is 0 Å². The van der Waals surface area contributed by atoms with Crippen LogP contribution in [0.25, 0.3) is 0 Å². The molecule has 3 atom stereocenters. The second-order valence-corrected chi connectivity index (χ2v) is 10.5. The summed E-state index contributed by atoms with van der Waals surface area (Å²) in [6.45, 7) is 6.20. The maximum Gasteiger partial charge on any atom is 0.188 e. The van der Waals surface area contributed by atoms with E-state index < -0.39 is 14.6 Å². The van der Waals surface area contributed by atoms with Gasteiger partial charge in [-0.05, 0) is 51.3 Å². The minimum absolute atomic E-state index is 0.308. The first-order chi connectivity index (χ1) is 12.3. The lowest BCUT2D eigenvalue weighted by atomic mass is 9.74. The fourth-order valence-corrected chi connectivity index (χ4v) is 6.64. The molecule has 138 valence electrons. The maximum atomic E-state index is 13.8. The average molecular weight is 372 g/mol. The number of hydrogen-bond donors (Lipinski definition) is 0. The number of sulfone groups is 1. The van der Waals surface area contributed by atoms with Crippen LogP contribution < -0.4 is 0 Å². The van der Waals surface area contributed by atoms with Gasteiger partial charge < -0.3 is 0 Å². The van der Waals surface area contributed by atoms with Gasteiger partial charge in [-0.3, -0.25) is 4.84 Å². The van der Waals surface area contributed by atoms with Crippen molar-refractivity contribution in [1.82, 2.24) is 5.06 Å². The summed E-state index contributed by atoms with van der Waals surface area (Å²) in [5.74, 6) is 0. The molecule has 1 saturated carbocycles. The molecule has 0 aromatic heterocycles. The normalized spacial score (nSPS) is 29.2. The predicted octanol–water partition coefficient (Wildman–Crippen LogP) is 4.15. The standard InChI is InChI=1S/C21H25NO3S/c1-20(2,3)22-19(16-10-6-4-7-11-16)21(15-14-18(21)25-22)26(23,24)17-12-8-5-9-13-17/h4-13,18-19H,14-15H2,1-3H3/t18-,19+,21-/m0/s1. The van der Waals surface area contributed by atoms with Crippen LogP contribution >= 0.6 is 0 Å². The van der Waals surface area contributed by atoms with Gasteiger partial charge in [-0.15, -0.1) is 0 Å². The average Bonchev–Trinajstić information content (AvgIpc) is 2.84. The van der Waals surface area contributed by atoms with E-state index in [0.717, 1.165) is 12.0 Å². The van der Waals surface area contributed by atoms with Gasteiger partial charge >= 0.3 is 0 Å². The summed E-state index contributed by atoms with van der Waals surface area (Å²) in [4.78, 5) is 6.64. The highest BCUT2D eigenvalue weighted by Crippen LogP contribution is 2.60. The Bertz CT molecular complexity index is 890. The van der Waals surface area contributed by atoms with Gasteiger partial charge in [-0.1, -0.05) is 48.5 Å². The third kappa shape index (κ3) is 2.38. The Labute approximate surface area is 155 Å². The number of fused-ring (bicyclic) bond motifs is 1. The third-order valence-electron chi connectivity index (χ3n) is 5.61. The van der Waals surface area contributed by atoms with Crippen molar-refractivity contribution in [3.63, 3.8) is 0 Å². The molecule has 0 bridgehead atoms. The van der Waals surface area contributed by atoms with Crippen LogP contribution in [-0.2, 0) is 14.7 Å². The third-order valence-corrected chi connectivity index (χ3v) is 8.19. The minimum atomic E-state index is -3.56. The van der Waals surface area contributed by atoms with Gasteiger partial charge in [0, 0.05) is 5.54 Å². The molecule has 1 aliphatic heterocycles. The zero-order valence-corrected chi connectivity index (χ0v) is 16.2. The monoisotopic (exact) mass is 371 g/mol. The second kappa shape index (κ2) is 5.91. The molecule has 4 rings (SSSR count). The topological polar surface area (TPSA) is 46.6 Å². The van der Waals surface area contributed by atoms with Crippen molar-refractivity contribution < 1.29 is 13.3 Å². The Hall–Kier alpha value is -1.69. The van der Waals surface area contributed by atoms with Crippen molar-refractivity contribution in [2.24, 2.45) is 0 Å². The predicted molar refractivity (Wildman–Crippen MR) is 101 cm³/mol. The van der Waals surface area contributed by atoms with E-state index in [1.54, 1.807) is 24.3 Å². The van der Waals surface area contributed by atoms with Crippen LogP contribution in [0.1, 0.15) is 45.2 Å². The van der Waals surface area contributed by atoms with E-state index in [1.165, 1.54) is 0 Å². The van der Waals surface area contributed by atoms with Crippen molar-refractivity contribution in [3.8, 4) is 0 Å². The highest BCUT2D eigenvalue weighted by atomic mass is 32.2. The van der Waals surface area contributed by atoms with Gasteiger partial charge in [0.05, 0.1) is 10.9 Å². The lowest BCUT2D eigenvalue weighted by Crippen LogP contribution is -2.58. The van der Waals surface area contributed by atoms with Crippen LogP contribution in [0.5, 0.6) is 0 Å². The molecule has 2 aromatic rings. The van der Waals surface area contributed by atoms with Crippen LogP contribution in [0.4, 0.5) is 0 Å². The molecular formula is C21H25NO3S. The van der Waals surface area contributed by atoms with Crippen molar-refractivity contribution in [2.45, 2.75) is 60.9 Å². The van der Waals surface area contributed by atoms with E-state index in [1.807, 2.05) is 41.5 Å². The van der Waals surface area contributed by atoms with Gasteiger partial charge in [0.2, 0.25) is 0 Å². The van der Waals surface area contributed by atoms with Gasteiger partial charge in [0.1, 0.15) is 10.9 Å². The van der Waals surface area contributed by atoms with Gasteiger partial charge in [-0.2, -0.15) is 5.06 Å². The summed E-state index contributed by atoms with van der Waals surface area (Å²) in [6, 6.07) is 18.4. The Morgan fingerprint density at radius 3 is 2.08 bits per heavy atom. The van der Waals surface area contributed by atoms with E-state index >= 15 is 0 Å². The zero-order chi connectivity index (χ0) is 18.6. The van der Waals surface area contributed by atoms with E-state index in [2.05, 4.69) is 20.8 Å². The fourth-order valence-electron chi connectivity index (χ4n) is 4.27. The van der Waals surface area contributed by atoms with Gasteiger partial charge in [0.15, 0.2) is 9.84 Å². The summed E-state index contributed by atoms with van der Waals surface area (Å²) in [6.07, 6.45) is 1.07. The first-order valence-corrected chi connectivity index (χ1v) is 10.6. The Morgan fingerprint density at radius 2 is 1.58 bits per heavy atom. The molecule has 2 aliphatic rings. The minimum Gasteiger partial charge on any atom is -0.293 e. The molecular weight excluding hydrogens is 346 g/mol. The van der Waals surface area contributed by atoms with E-state index in [4.69, 9.17) is 4.84 Å². The quantitative estimate of drug-likeness (QED) is 0.813. The first kappa shape index (κ1) is 17.7. The summed E-state index contributed by atoms with van der Waals surface area (Å²) in [7, 11) is -3.56. The highest BCUT2D eigenvalue weighted by Gasteiger charge is 2.70. The molecule has 0 amide bonds. The Kier molecular flexibility index (Phi) is 4.03. The first-order valence-electron chi connectivity index (χ1n) is 9.09. The van der Waals surface area contributed by atoms with Crippen LogP contribution in [0.3, 0.4) is 0 Å². The molecule has 1 aliphatic carbocycles. The van der Waals surface area contributed by atoms with Crippen molar-refractivity contribution in [3.05, 3.63) is 66.2 Å². The van der Waals surface area contributed by atoms with Gasteiger partial charge in [-0.25, -0.2) is 8.42 Å². The molecule has 4 nitrogen and oxygen atoms in total. The van der Waals surface area contributed by atoms with E-state index in [-0.39, 0.29) is 17.7 Å². The highest BCUT2D eigenvalue weighted by molar-refractivity contribution is 7.93. The lowest BCUT2D eigenvalue weighted by molar-refractivity contribution is -0.216. The number of nitrogens with zero attached hydrogens (tertiary/aromatic N) is 1. The van der Waals surface area contributed by atoms with Crippen molar-refractivity contribution in [1.29, 1.82) is 0 Å². The molecule has 2 aromatic carbocycles. The fraction of sp³-hybridized carbons (Fsp3) is 0.429. The molecule has 1 saturated heterocycles. The maximum absolute atomic E-state index is 13.8.